The van der Waals surface area contributed by atoms with Crippen LogP contribution in [0.4, 0.5) is 0 Å². The molecule has 4 nitrogen and oxygen atoms in total. The average Bonchev–Trinajstić information content (AvgIpc) is 2.21. The fourth-order valence-electron chi connectivity index (χ4n) is 1.50. The number of likely N-dealkylation sites (N-methyl/N-ethyl adjacent to an activating group) is 1. The van der Waals surface area contributed by atoms with Crippen LogP contribution in [0, 0.1) is 6.92 Å². The van der Waals surface area contributed by atoms with Gasteiger partial charge in [-0.2, -0.15) is 0 Å². The van der Waals surface area contributed by atoms with E-state index in [-0.39, 0.29) is 5.43 Å². The summed E-state index contributed by atoms with van der Waals surface area (Å²) in [5.74, 6) is 0. The Bertz CT molecular complexity index is 359. The van der Waals surface area contributed by atoms with Crippen molar-refractivity contribution in [3.05, 3.63) is 33.7 Å². The van der Waals surface area contributed by atoms with Gasteiger partial charge in [-0.1, -0.05) is 6.92 Å². The molecule has 3 N–H and O–H groups in total. The van der Waals surface area contributed by atoms with Gasteiger partial charge in [0.1, 0.15) is 0 Å². The minimum Gasteiger partial charge on any atom is -0.365 e. The van der Waals surface area contributed by atoms with E-state index in [2.05, 4.69) is 16.8 Å². The van der Waals surface area contributed by atoms with E-state index in [1.54, 1.807) is 12.3 Å². The van der Waals surface area contributed by atoms with Gasteiger partial charge < -0.3 is 10.7 Å². The Labute approximate surface area is 90.1 Å². The molecule has 0 bridgehead atoms. The molecular formula is C11H19N3O. The van der Waals surface area contributed by atoms with E-state index in [9.17, 15) is 4.79 Å². The Kier molecular flexibility index (Phi) is 4.52. The van der Waals surface area contributed by atoms with Crippen LogP contribution in [0.1, 0.15) is 18.2 Å². The lowest BCUT2D eigenvalue weighted by molar-refractivity contribution is 0.287. The number of hydrogen-bond donors (Lipinski definition) is 2. The summed E-state index contributed by atoms with van der Waals surface area (Å²) in [6, 6.07) is 1.63. The summed E-state index contributed by atoms with van der Waals surface area (Å²) >= 11 is 0. The first kappa shape index (κ1) is 11.9. The largest absolute Gasteiger partial charge is 0.365 e. The molecule has 0 atom stereocenters. The predicted molar refractivity (Wildman–Crippen MR) is 61.8 cm³/mol. The fraction of sp³-hybridized carbons (Fsp3) is 0.545. The maximum atomic E-state index is 11.6. The van der Waals surface area contributed by atoms with Gasteiger partial charge in [-0.3, -0.25) is 9.69 Å². The monoisotopic (exact) mass is 209 g/mol. The second kappa shape index (κ2) is 5.68. The number of nitrogens with one attached hydrogen (secondary N) is 1. The van der Waals surface area contributed by atoms with Crippen molar-refractivity contribution < 1.29 is 0 Å². The Hall–Kier alpha value is -1.13. The zero-order valence-electron chi connectivity index (χ0n) is 9.42. The van der Waals surface area contributed by atoms with Crippen LogP contribution in [-0.4, -0.2) is 29.5 Å². The van der Waals surface area contributed by atoms with Crippen molar-refractivity contribution in [3.8, 4) is 0 Å². The number of H-pyrrole nitrogens is 1. The maximum absolute atomic E-state index is 11.6. The molecule has 15 heavy (non-hydrogen) atoms. The van der Waals surface area contributed by atoms with Crippen LogP contribution in [-0.2, 0) is 6.54 Å². The highest BCUT2D eigenvalue weighted by Crippen LogP contribution is 1.98. The van der Waals surface area contributed by atoms with Crippen molar-refractivity contribution in [3.63, 3.8) is 0 Å². The van der Waals surface area contributed by atoms with E-state index in [0.29, 0.717) is 13.1 Å². The first-order chi connectivity index (χ1) is 7.17. The van der Waals surface area contributed by atoms with Crippen LogP contribution < -0.4 is 11.2 Å². The zero-order chi connectivity index (χ0) is 11.3. The van der Waals surface area contributed by atoms with Crippen LogP contribution in [0.25, 0.3) is 0 Å². The van der Waals surface area contributed by atoms with Crippen molar-refractivity contribution in [1.29, 1.82) is 0 Å². The normalized spacial score (nSPS) is 10.9. The summed E-state index contributed by atoms with van der Waals surface area (Å²) in [6.45, 7) is 6.97. The maximum Gasteiger partial charge on any atom is 0.186 e. The fourth-order valence-corrected chi connectivity index (χ4v) is 1.50. The van der Waals surface area contributed by atoms with Gasteiger partial charge in [-0.25, -0.2) is 0 Å². The number of rotatable bonds is 5. The van der Waals surface area contributed by atoms with E-state index >= 15 is 0 Å². The summed E-state index contributed by atoms with van der Waals surface area (Å²) in [7, 11) is 0. The SMILES string of the molecule is CCN(CCN)Cc1c[nH]c(C)cc1=O. The van der Waals surface area contributed by atoms with Crippen LogP contribution in [0.15, 0.2) is 17.1 Å². The third-order valence-corrected chi connectivity index (χ3v) is 2.42. The molecule has 84 valence electrons. The summed E-state index contributed by atoms with van der Waals surface area (Å²) in [6.07, 6.45) is 1.79. The van der Waals surface area contributed by atoms with E-state index in [0.717, 1.165) is 24.3 Å². The standard InChI is InChI=1S/C11H19N3O/c1-3-14(5-4-12)8-10-7-13-9(2)6-11(10)15/h6-7H,3-5,8,12H2,1-2H3,(H,13,15). The first-order valence-corrected chi connectivity index (χ1v) is 5.28. The number of hydrogen-bond acceptors (Lipinski definition) is 3. The van der Waals surface area contributed by atoms with Gasteiger partial charge in [0.15, 0.2) is 5.43 Å². The Morgan fingerprint density at radius 3 is 2.80 bits per heavy atom. The predicted octanol–water partition coefficient (Wildman–Crippen LogP) is 0.464. The van der Waals surface area contributed by atoms with Gasteiger partial charge in [0.2, 0.25) is 0 Å². The molecule has 0 aliphatic carbocycles. The summed E-state index contributed by atoms with van der Waals surface area (Å²) in [4.78, 5) is 16.8. The molecule has 0 aliphatic heterocycles. The highest BCUT2D eigenvalue weighted by Gasteiger charge is 2.05. The lowest BCUT2D eigenvalue weighted by Gasteiger charge is -2.18. The Morgan fingerprint density at radius 2 is 2.27 bits per heavy atom. The molecule has 1 aromatic rings. The number of aromatic amines is 1. The summed E-state index contributed by atoms with van der Waals surface area (Å²) < 4.78 is 0. The summed E-state index contributed by atoms with van der Waals surface area (Å²) in [5.41, 5.74) is 7.29. The van der Waals surface area contributed by atoms with Crippen molar-refractivity contribution in [2.75, 3.05) is 19.6 Å². The van der Waals surface area contributed by atoms with E-state index in [1.807, 2.05) is 6.92 Å². The topological polar surface area (TPSA) is 62.1 Å². The molecule has 0 fully saturated rings. The molecule has 0 aromatic carbocycles. The average molecular weight is 209 g/mol. The van der Waals surface area contributed by atoms with Gasteiger partial charge in [0.05, 0.1) is 0 Å². The van der Waals surface area contributed by atoms with Crippen LogP contribution in [0.5, 0.6) is 0 Å². The van der Waals surface area contributed by atoms with Crippen LogP contribution in [0.2, 0.25) is 0 Å². The molecule has 0 saturated heterocycles. The zero-order valence-corrected chi connectivity index (χ0v) is 9.42. The Morgan fingerprint density at radius 1 is 1.53 bits per heavy atom. The molecule has 0 aliphatic rings. The molecular weight excluding hydrogens is 190 g/mol. The van der Waals surface area contributed by atoms with Crippen LogP contribution >= 0.6 is 0 Å². The molecule has 0 amide bonds. The minimum absolute atomic E-state index is 0.0988. The quantitative estimate of drug-likeness (QED) is 0.740. The van der Waals surface area contributed by atoms with Crippen molar-refractivity contribution in [2.24, 2.45) is 5.73 Å². The molecule has 0 unspecified atom stereocenters. The molecule has 0 saturated carbocycles. The van der Waals surface area contributed by atoms with Crippen molar-refractivity contribution in [2.45, 2.75) is 20.4 Å². The summed E-state index contributed by atoms with van der Waals surface area (Å²) in [5, 5.41) is 0. The van der Waals surface area contributed by atoms with Crippen molar-refractivity contribution in [1.82, 2.24) is 9.88 Å². The lowest BCUT2D eigenvalue weighted by atomic mass is 10.2. The number of nitrogens with zero attached hydrogens (tertiary/aromatic N) is 1. The molecule has 1 heterocycles. The molecule has 1 rings (SSSR count). The van der Waals surface area contributed by atoms with Gasteiger partial charge in [0, 0.05) is 43.2 Å². The first-order valence-electron chi connectivity index (χ1n) is 5.28. The van der Waals surface area contributed by atoms with Gasteiger partial charge in [-0.05, 0) is 13.5 Å². The van der Waals surface area contributed by atoms with Crippen LogP contribution in [0.3, 0.4) is 0 Å². The van der Waals surface area contributed by atoms with Gasteiger partial charge in [0.25, 0.3) is 0 Å². The molecule has 1 aromatic heterocycles. The number of pyridine rings is 1. The number of aryl methyl sites for hydroxylation is 1. The third kappa shape index (κ3) is 3.49. The molecule has 0 radical (unpaired) electrons. The van der Waals surface area contributed by atoms with E-state index in [1.165, 1.54) is 0 Å². The smallest absolute Gasteiger partial charge is 0.186 e. The number of nitrogens with two attached hydrogens (primary N) is 1. The highest BCUT2D eigenvalue weighted by molar-refractivity contribution is 5.13. The third-order valence-electron chi connectivity index (χ3n) is 2.42. The van der Waals surface area contributed by atoms with E-state index in [4.69, 9.17) is 5.73 Å². The van der Waals surface area contributed by atoms with Gasteiger partial charge >= 0.3 is 0 Å². The van der Waals surface area contributed by atoms with Gasteiger partial charge in [-0.15, -0.1) is 0 Å². The Balaban J connectivity index is 2.75. The second-order valence-corrected chi connectivity index (χ2v) is 3.66. The van der Waals surface area contributed by atoms with Crippen molar-refractivity contribution >= 4 is 0 Å². The number of aromatic nitrogens is 1. The minimum atomic E-state index is 0.0988. The molecule has 4 heteroatoms. The van der Waals surface area contributed by atoms with E-state index < -0.39 is 0 Å². The lowest BCUT2D eigenvalue weighted by Crippen LogP contribution is -2.30. The highest BCUT2D eigenvalue weighted by atomic mass is 16.1. The second-order valence-electron chi connectivity index (χ2n) is 3.66. The molecule has 0 spiro atoms.